The minimum absolute atomic E-state index is 1.11. The van der Waals surface area contributed by atoms with E-state index in [0.717, 1.165) is 6.54 Å². The summed E-state index contributed by atoms with van der Waals surface area (Å²) in [5.74, 6) is 0. The summed E-state index contributed by atoms with van der Waals surface area (Å²) in [6.45, 7) is 5.55. The molecule has 0 saturated heterocycles. The van der Waals surface area contributed by atoms with Crippen LogP contribution in [0.1, 0.15) is 115 Å². The fourth-order valence-electron chi connectivity index (χ4n) is 3.58. The lowest BCUT2D eigenvalue weighted by Crippen LogP contribution is -2.01. The molecule has 1 heteroatoms. The van der Waals surface area contributed by atoms with Crippen LogP contribution in [0, 0.1) is 6.92 Å². The molecule has 0 spiro atoms. The highest BCUT2D eigenvalue weighted by molar-refractivity contribution is 5.44. The van der Waals surface area contributed by atoms with Gasteiger partial charge in [-0.25, -0.2) is 0 Å². The molecular weight excluding hydrogens is 314 g/mol. The SMILES string of the molecule is CCCCCCCCCCCCCCCCCCNc1ccc(C)cc1. The van der Waals surface area contributed by atoms with E-state index in [1.807, 2.05) is 0 Å². The molecule has 1 aromatic rings. The second-order valence-electron chi connectivity index (χ2n) is 8.10. The highest BCUT2D eigenvalue weighted by Crippen LogP contribution is 2.14. The summed E-state index contributed by atoms with van der Waals surface area (Å²) >= 11 is 0. The second kappa shape index (κ2) is 17.4. The van der Waals surface area contributed by atoms with Crippen molar-refractivity contribution in [3.63, 3.8) is 0 Å². The normalized spacial score (nSPS) is 11.0. The summed E-state index contributed by atoms with van der Waals surface area (Å²) in [5.41, 5.74) is 2.59. The smallest absolute Gasteiger partial charge is 0.0340 e. The molecule has 0 aromatic heterocycles. The fourth-order valence-corrected chi connectivity index (χ4v) is 3.58. The summed E-state index contributed by atoms with van der Waals surface area (Å²) in [5, 5.41) is 3.52. The largest absolute Gasteiger partial charge is 0.385 e. The van der Waals surface area contributed by atoms with Gasteiger partial charge in [0, 0.05) is 12.2 Å². The topological polar surface area (TPSA) is 12.0 Å². The van der Waals surface area contributed by atoms with Crippen LogP contribution in [0.4, 0.5) is 5.69 Å². The Hall–Kier alpha value is -0.980. The van der Waals surface area contributed by atoms with E-state index in [-0.39, 0.29) is 0 Å². The van der Waals surface area contributed by atoms with Crippen LogP contribution >= 0.6 is 0 Å². The predicted molar refractivity (Wildman–Crippen MR) is 119 cm³/mol. The number of hydrogen-bond acceptors (Lipinski definition) is 1. The number of unbranched alkanes of at least 4 members (excludes halogenated alkanes) is 15. The van der Waals surface area contributed by atoms with Crippen molar-refractivity contribution in [2.45, 2.75) is 117 Å². The van der Waals surface area contributed by atoms with Gasteiger partial charge in [0.1, 0.15) is 0 Å². The van der Waals surface area contributed by atoms with Crippen LogP contribution in [0.2, 0.25) is 0 Å². The van der Waals surface area contributed by atoms with Crippen LogP contribution in [0.15, 0.2) is 24.3 Å². The molecule has 26 heavy (non-hydrogen) atoms. The predicted octanol–water partition coefficient (Wildman–Crippen LogP) is 8.67. The van der Waals surface area contributed by atoms with E-state index in [0.29, 0.717) is 0 Å². The average Bonchev–Trinajstić information content (AvgIpc) is 2.66. The van der Waals surface area contributed by atoms with Crippen molar-refractivity contribution < 1.29 is 0 Å². The fraction of sp³-hybridized carbons (Fsp3) is 0.760. The average molecular weight is 360 g/mol. The zero-order valence-electron chi connectivity index (χ0n) is 17.8. The van der Waals surface area contributed by atoms with Gasteiger partial charge in [0.2, 0.25) is 0 Å². The van der Waals surface area contributed by atoms with Gasteiger partial charge in [0.25, 0.3) is 0 Å². The molecule has 1 aromatic carbocycles. The Balaban J connectivity index is 1.72. The van der Waals surface area contributed by atoms with Crippen LogP contribution in [0.5, 0.6) is 0 Å². The van der Waals surface area contributed by atoms with Crippen LogP contribution in [-0.2, 0) is 0 Å². The third kappa shape index (κ3) is 14.2. The van der Waals surface area contributed by atoms with Crippen molar-refractivity contribution in [1.82, 2.24) is 0 Å². The van der Waals surface area contributed by atoms with Gasteiger partial charge in [-0.15, -0.1) is 0 Å². The first-order valence-electron chi connectivity index (χ1n) is 11.6. The minimum atomic E-state index is 1.11. The highest BCUT2D eigenvalue weighted by atomic mass is 14.9. The molecule has 0 amide bonds. The Morgan fingerprint density at radius 1 is 0.538 bits per heavy atom. The zero-order chi connectivity index (χ0) is 18.7. The maximum absolute atomic E-state index is 3.52. The highest BCUT2D eigenvalue weighted by Gasteiger charge is 1.95. The van der Waals surface area contributed by atoms with Gasteiger partial charge in [-0.3, -0.25) is 0 Å². The van der Waals surface area contributed by atoms with Crippen LogP contribution in [-0.4, -0.2) is 6.54 Å². The van der Waals surface area contributed by atoms with E-state index in [4.69, 9.17) is 0 Å². The molecule has 0 aliphatic heterocycles. The molecule has 0 unspecified atom stereocenters. The first kappa shape index (κ1) is 23.1. The van der Waals surface area contributed by atoms with Crippen molar-refractivity contribution in [3.05, 3.63) is 29.8 Å². The van der Waals surface area contributed by atoms with Crippen molar-refractivity contribution >= 4 is 5.69 Å². The number of aryl methyl sites for hydroxylation is 1. The van der Waals surface area contributed by atoms with E-state index in [1.165, 1.54) is 114 Å². The maximum atomic E-state index is 3.52. The van der Waals surface area contributed by atoms with Crippen LogP contribution in [0.3, 0.4) is 0 Å². The van der Waals surface area contributed by atoms with E-state index in [9.17, 15) is 0 Å². The van der Waals surface area contributed by atoms with Crippen LogP contribution in [0.25, 0.3) is 0 Å². The van der Waals surface area contributed by atoms with Crippen molar-refractivity contribution in [1.29, 1.82) is 0 Å². The molecular formula is C25H45N. The Kier molecular flexibility index (Phi) is 15.5. The molecule has 0 aliphatic rings. The molecule has 0 saturated carbocycles. The van der Waals surface area contributed by atoms with E-state index < -0.39 is 0 Å². The molecule has 0 atom stereocenters. The van der Waals surface area contributed by atoms with Gasteiger partial charge in [-0.05, 0) is 25.5 Å². The Morgan fingerprint density at radius 3 is 1.35 bits per heavy atom. The third-order valence-electron chi connectivity index (χ3n) is 5.41. The number of rotatable bonds is 18. The number of nitrogens with one attached hydrogen (secondary N) is 1. The summed E-state index contributed by atoms with van der Waals surface area (Å²) in [7, 11) is 0. The summed E-state index contributed by atoms with van der Waals surface area (Å²) < 4.78 is 0. The minimum Gasteiger partial charge on any atom is -0.385 e. The lowest BCUT2D eigenvalue weighted by Gasteiger charge is -2.07. The third-order valence-corrected chi connectivity index (χ3v) is 5.41. The Bertz CT molecular complexity index is 395. The molecule has 1 nitrogen and oxygen atoms in total. The maximum Gasteiger partial charge on any atom is 0.0340 e. The van der Waals surface area contributed by atoms with Gasteiger partial charge in [0.15, 0.2) is 0 Å². The second-order valence-corrected chi connectivity index (χ2v) is 8.10. The Morgan fingerprint density at radius 2 is 0.923 bits per heavy atom. The summed E-state index contributed by atoms with van der Waals surface area (Å²) in [6, 6.07) is 8.72. The van der Waals surface area contributed by atoms with Gasteiger partial charge in [0.05, 0.1) is 0 Å². The number of hydrogen-bond donors (Lipinski definition) is 1. The number of benzene rings is 1. The van der Waals surface area contributed by atoms with Gasteiger partial charge < -0.3 is 5.32 Å². The molecule has 0 aliphatic carbocycles. The van der Waals surface area contributed by atoms with E-state index in [1.54, 1.807) is 0 Å². The van der Waals surface area contributed by atoms with Crippen molar-refractivity contribution in [2.75, 3.05) is 11.9 Å². The first-order chi connectivity index (χ1) is 12.8. The summed E-state index contributed by atoms with van der Waals surface area (Å²) in [4.78, 5) is 0. The van der Waals surface area contributed by atoms with Crippen LogP contribution < -0.4 is 5.32 Å². The van der Waals surface area contributed by atoms with E-state index >= 15 is 0 Å². The monoisotopic (exact) mass is 359 g/mol. The number of anilines is 1. The van der Waals surface area contributed by atoms with Gasteiger partial charge in [-0.2, -0.15) is 0 Å². The van der Waals surface area contributed by atoms with Crippen molar-refractivity contribution in [3.8, 4) is 0 Å². The lowest BCUT2D eigenvalue weighted by molar-refractivity contribution is 0.530. The lowest BCUT2D eigenvalue weighted by atomic mass is 10.0. The molecule has 0 radical (unpaired) electrons. The zero-order valence-corrected chi connectivity index (χ0v) is 17.8. The quantitative estimate of drug-likeness (QED) is 0.258. The van der Waals surface area contributed by atoms with Crippen molar-refractivity contribution in [2.24, 2.45) is 0 Å². The molecule has 0 fully saturated rings. The molecule has 1 rings (SSSR count). The summed E-state index contributed by atoms with van der Waals surface area (Å²) in [6.07, 6.45) is 23.0. The molecule has 1 N–H and O–H groups in total. The molecule has 150 valence electrons. The first-order valence-corrected chi connectivity index (χ1v) is 11.6. The standard InChI is InChI=1S/C25H45N/c1-3-4-5-6-7-8-9-10-11-12-13-14-15-16-17-18-23-26-25-21-19-24(2)20-22-25/h19-22,26H,3-18,23H2,1-2H3. The Labute approximate surface area is 164 Å². The molecule has 0 heterocycles. The van der Waals surface area contributed by atoms with Gasteiger partial charge in [-0.1, -0.05) is 121 Å². The molecule has 0 bridgehead atoms. The van der Waals surface area contributed by atoms with E-state index in [2.05, 4.69) is 43.4 Å². The van der Waals surface area contributed by atoms with Gasteiger partial charge >= 0.3 is 0 Å².